The number of methoxy groups -OCH3 is 1. The van der Waals surface area contributed by atoms with E-state index >= 15 is 0 Å². The van der Waals surface area contributed by atoms with Crippen LogP contribution < -0.4 is 9.47 Å². The van der Waals surface area contributed by atoms with E-state index < -0.39 is 5.97 Å². The molecule has 0 fully saturated rings. The van der Waals surface area contributed by atoms with E-state index in [0.717, 1.165) is 0 Å². The van der Waals surface area contributed by atoms with Gasteiger partial charge in [-0.15, -0.1) is 0 Å². The number of carboxylic acids is 1. The fourth-order valence-corrected chi connectivity index (χ4v) is 2.44. The molecule has 0 saturated carbocycles. The van der Waals surface area contributed by atoms with Crippen LogP contribution in [0.1, 0.15) is 16.2 Å². The highest BCUT2D eigenvalue weighted by Gasteiger charge is 2.17. The summed E-state index contributed by atoms with van der Waals surface area (Å²) in [5, 5.41) is 20.4. The van der Waals surface area contributed by atoms with Crippen LogP contribution in [0.3, 0.4) is 0 Å². The van der Waals surface area contributed by atoms with E-state index in [0.29, 0.717) is 33.7 Å². The lowest BCUT2D eigenvalue weighted by Crippen LogP contribution is -2.03. The quantitative estimate of drug-likeness (QED) is 0.759. The monoisotopic (exact) mass is 325 g/mol. The zero-order chi connectivity index (χ0) is 17.3. The summed E-state index contributed by atoms with van der Waals surface area (Å²) >= 11 is 0. The predicted molar refractivity (Wildman–Crippen MR) is 88.2 cm³/mol. The number of aryl methyl sites for hydroxylation is 1. The van der Waals surface area contributed by atoms with Gasteiger partial charge in [0.25, 0.3) is 0 Å². The molecule has 0 radical (unpaired) electrons. The van der Waals surface area contributed by atoms with Crippen molar-refractivity contribution in [3.8, 4) is 23.0 Å². The molecular weight excluding hydrogens is 310 g/mol. The van der Waals surface area contributed by atoms with E-state index in [4.69, 9.17) is 14.6 Å². The maximum Gasteiger partial charge on any atom is 0.358 e. The standard InChI is InChI=1S/C18H15NO5/c1-10-14-8-7-13(24-12-5-3-11(23-2)4-6-12)9-15(14)17(20)16(19-10)18(21)22/h3-9,20H,1-2H3,(H,21,22). The summed E-state index contributed by atoms with van der Waals surface area (Å²) in [6, 6.07) is 12.1. The van der Waals surface area contributed by atoms with Crippen molar-refractivity contribution >= 4 is 16.7 Å². The fourth-order valence-electron chi connectivity index (χ4n) is 2.44. The highest BCUT2D eigenvalue weighted by Crippen LogP contribution is 2.34. The molecule has 0 atom stereocenters. The Balaban J connectivity index is 2.03. The third-order valence-corrected chi connectivity index (χ3v) is 3.64. The molecule has 6 heteroatoms. The first kappa shape index (κ1) is 15.6. The van der Waals surface area contributed by atoms with Gasteiger partial charge in [-0.2, -0.15) is 0 Å². The van der Waals surface area contributed by atoms with Crippen LogP contribution in [0.15, 0.2) is 42.5 Å². The number of benzene rings is 2. The van der Waals surface area contributed by atoms with E-state index in [-0.39, 0.29) is 11.4 Å². The van der Waals surface area contributed by atoms with Crippen LogP contribution in [0.4, 0.5) is 0 Å². The van der Waals surface area contributed by atoms with Gasteiger partial charge in [-0.05, 0) is 49.4 Å². The van der Waals surface area contributed by atoms with Gasteiger partial charge in [0.1, 0.15) is 17.2 Å². The molecule has 3 aromatic rings. The lowest BCUT2D eigenvalue weighted by molar-refractivity contribution is 0.0687. The number of aromatic nitrogens is 1. The summed E-state index contributed by atoms with van der Waals surface area (Å²) in [5.74, 6) is 0.136. The number of hydrogen-bond donors (Lipinski definition) is 2. The molecule has 1 aromatic heterocycles. The zero-order valence-electron chi connectivity index (χ0n) is 13.1. The van der Waals surface area contributed by atoms with E-state index in [2.05, 4.69) is 4.98 Å². The SMILES string of the molecule is COc1ccc(Oc2ccc3c(C)nc(C(=O)O)c(O)c3c2)cc1. The molecule has 0 aliphatic carbocycles. The minimum Gasteiger partial charge on any atom is -0.505 e. The lowest BCUT2D eigenvalue weighted by atomic mass is 10.1. The molecule has 2 aromatic carbocycles. The molecule has 3 rings (SSSR count). The number of aromatic hydroxyl groups is 1. The number of nitrogens with zero attached hydrogens (tertiary/aromatic N) is 1. The lowest BCUT2D eigenvalue weighted by Gasteiger charge is -2.11. The average molecular weight is 325 g/mol. The number of rotatable bonds is 4. The van der Waals surface area contributed by atoms with Gasteiger partial charge in [0.05, 0.1) is 7.11 Å². The molecule has 0 spiro atoms. The minimum absolute atomic E-state index is 0.372. The molecule has 122 valence electrons. The first-order valence-electron chi connectivity index (χ1n) is 7.18. The zero-order valence-corrected chi connectivity index (χ0v) is 13.1. The molecule has 1 heterocycles. The Hall–Kier alpha value is -3.28. The molecule has 0 amide bonds. The largest absolute Gasteiger partial charge is 0.505 e. The maximum absolute atomic E-state index is 11.2. The topological polar surface area (TPSA) is 88.9 Å². The van der Waals surface area contributed by atoms with Gasteiger partial charge in [-0.3, -0.25) is 0 Å². The summed E-state index contributed by atoms with van der Waals surface area (Å²) in [7, 11) is 1.58. The van der Waals surface area contributed by atoms with Crippen molar-refractivity contribution in [2.75, 3.05) is 7.11 Å². The van der Waals surface area contributed by atoms with E-state index in [9.17, 15) is 9.90 Å². The van der Waals surface area contributed by atoms with Gasteiger partial charge in [-0.25, -0.2) is 9.78 Å². The molecule has 6 nitrogen and oxygen atoms in total. The number of hydrogen-bond acceptors (Lipinski definition) is 5. The van der Waals surface area contributed by atoms with Gasteiger partial charge in [0.15, 0.2) is 11.4 Å². The van der Waals surface area contributed by atoms with Crippen LogP contribution in [-0.2, 0) is 0 Å². The van der Waals surface area contributed by atoms with Gasteiger partial charge < -0.3 is 19.7 Å². The minimum atomic E-state index is -1.28. The third-order valence-electron chi connectivity index (χ3n) is 3.64. The highest BCUT2D eigenvalue weighted by molar-refractivity contribution is 5.99. The highest BCUT2D eigenvalue weighted by atomic mass is 16.5. The molecule has 0 saturated heterocycles. The van der Waals surface area contributed by atoms with Crippen molar-refractivity contribution in [3.63, 3.8) is 0 Å². The molecule has 24 heavy (non-hydrogen) atoms. The Morgan fingerprint density at radius 2 is 1.62 bits per heavy atom. The summed E-state index contributed by atoms with van der Waals surface area (Å²) in [4.78, 5) is 15.1. The number of ether oxygens (including phenoxy) is 2. The Bertz CT molecular complexity index is 919. The maximum atomic E-state index is 11.2. The molecule has 0 unspecified atom stereocenters. The molecule has 0 bridgehead atoms. The first-order valence-corrected chi connectivity index (χ1v) is 7.18. The smallest absolute Gasteiger partial charge is 0.358 e. The third kappa shape index (κ3) is 2.81. The summed E-state index contributed by atoms with van der Waals surface area (Å²) in [6.45, 7) is 1.69. The van der Waals surface area contributed by atoms with Crippen molar-refractivity contribution in [1.82, 2.24) is 4.98 Å². The van der Waals surface area contributed by atoms with Crippen LogP contribution in [0.2, 0.25) is 0 Å². The normalized spacial score (nSPS) is 10.6. The number of carboxylic acid groups (broad SMARTS) is 1. The second-order valence-electron chi connectivity index (χ2n) is 5.18. The Kier molecular flexibility index (Phi) is 3.95. The van der Waals surface area contributed by atoms with E-state index in [1.165, 1.54) is 0 Å². The van der Waals surface area contributed by atoms with Gasteiger partial charge >= 0.3 is 5.97 Å². The second-order valence-corrected chi connectivity index (χ2v) is 5.18. The number of pyridine rings is 1. The van der Waals surface area contributed by atoms with Crippen LogP contribution in [0, 0.1) is 6.92 Å². The molecular formula is C18H15NO5. The van der Waals surface area contributed by atoms with Crippen molar-refractivity contribution in [2.45, 2.75) is 6.92 Å². The predicted octanol–water partition coefficient (Wildman–Crippen LogP) is 3.75. The summed E-state index contributed by atoms with van der Waals surface area (Å²) in [6.07, 6.45) is 0. The van der Waals surface area contributed by atoms with Gasteiger partial charge in [0, 0.05) is 16.5 Å². The van der Waals surface area contributed by atoms with Crippen LogP contribution in [0.25, 0.3) is 10.8 Å². The van der Waals surface area contributed by atoms with E-state index in [1.54, 1.807) is 56.5 Å². The van der Waals surface area contributed by atoms with E-state index in [1.807, 2.05) is 0 Å². The summed E-state index contributed by atoms with van der Waals surface area (Å²) in [5.41, 5.74) is 0.151. The number of carbonyl (C=O) groups is 1. The number of fused-ring (bicyclic) bond motifs is 1. The summed E-state index contributed by atoms with van der Waals surface area (Å²) < 4.78 is 10.8. The molecule has 0 aliphatic heterocycles. The first-order chi connectivity index (χ1) is 11.5. The van der Waals surface area contributed by atoms with Crippen LogP contribution in [-0.4, -0.2) is 28.3 Å². The molecule has 2 N–H and O–H groups in total. The van der Waals surface area contributed by atoms with Crippen molar-refractivity contribution in [2.24, 2.45) is 0 Å². The number of aromatic carboxylic acids is 1. The fraction of sp³-hybridized carbons (Fsp3) is 0.111. The average Bonchev–Trinajstić information content (AvgIpc) is 2.58. The van der Waals surface area contributed by atoms with Crippen molar-refractivity contribution in [3.05, 3.63) is 53.9 Å². The van der Waals surface area contributed by atoms with Crippen LogP contribution >= 0.6 is 0 Å². The Labute approximate surface area is 137 Å². The Morgan fingerprint density at radius 1 is 1.00 bits per heavy atom. The van der Waals surface area contributed by atoms with Crippen LogP contribution in [0.5, 0.6) is 23.0 Å². The van der Waals surface area contributed by atoms with Crippen molar-refractivity contribution < 1.29 is 24.5 Å². The second kappa shape index (κ2) is 6.08. The molecule has 0 aliphatic rings. The van der Waals surface area contributed by atoms with Crippen molar-refractivity contribution in [1.29, 1.82) is 0 Å². The van der Waals surface area contributed by atoms with Gasteiger partial charge in [0.2, 0.25) is 0 Å². The van der Waals surface area contributed by atoms with Gasteiger partial charge in [-0.1, -0.05) is 0 Å². The Morgan fingerprint density at radius 3 is 2.25 bits per heavy atom.